The van der Waals surface area contributed by atoms with Gasteiger partial charge >= 0.3 is 29.6 Å². The van der Waals surface area contributed by atoms with Crippen molar-refractivity contribution in [1.82, 2.24) is 0 Å². The third-order valence-electron chi connectivity index (χ3n) is 4.19. The summed E-state index contributed by atoms with van der Waals surface area (Å²) < 4.78 is 38.5. The summed E-state index contributed by atoms with van der Waals surface area (Å²) in [5, 5.41) is 11.7. The van der Waals surface area contributed by atoms with Gasteiger partial charge in [-0.05, 0) is 30.5 Å². The second-order valence-electron chi connectivity index (χ2n) is 6.31. The molecular formula is C20H25NaO5S. The van der Waals surface area contributed by atoms with Crippen molar-refractivity contribution in [3.63, 3.8) is 0 Å². The molecule has 0 aliphatic carbocycles. The first-order valence-electron chi connectivity index (χ1n) is 8.96. The molecule has 0 atom stereocenters. The summed E-state index contributed by atoms with van der Waals surface area (Å²) in [6.07, 6.45) is 7.14. The molecule has 0 aliphatic rings. The normalized spacial score (nSPS) is 11.0. The smallest absolute Gasteiger partial charge is 0.870 e. The number of hydrogen-bond acceptors (Lipinski definition) is 4. The summed E-state index contributed by atoms with van der Waals surface area (Å²) in [7, 11) is -4.37. The van der Waals surface area contributed by atoms with Crippen molar-refractivity contribution in [3.8, 4) is 17.2 Å². The van der Waals surface area contributed by atoms with Crippen LogP contribution in [0.4, 0.5) is 0 Å². The first-order chi connectivity index (χ1) is 12.4. The Hall–Kier alpha value is -1.05. The Bertz CT molecular complexity index is 821. The SMILES string of the molecule is CCCCCCCCc1ccc(Oc2ccccc2[O-])cc1S(=O)(=O)O.[Na+]. The molecule has 2 aromatic carbocycles. The molecule has 1 N–H and O–H groups in total. The van der Waals surface area contributed by atoms with Crippen LogP contribution in [0.1, 0.15) is 51.0 Å². The molecule has 5 nitrogen and oxygen atoms in total. The van der Waals surface area contributed by atoms with E-state index in [2.05, 4.69) is 6.92 Å². The minimum absolute atomic E-state index is 0. The summed E-state index contributed by atoms with van der Waals surface area (Å²) in [5.74, 6) is 0.0159. The summed E-state index contributed by atoms with van der Waals surface area (Å²) >= 11 is 0. The van der Waals surface area contributed by atoms with Gasteiger partial charge in [-0.2, -0.15) is 8.42 Å². The topological polar surface area (TPSA) is 86.7 Å². The molecule has 0 saturated carbocycles. The maximum Gasteiger partial charge on any atom is 1.00 e. The number of rotatable bonds is 10. The predicted molar refractivity (Wildman–Crippen MR) is 99.3 cm³/mol. The number of unbranched alkanes of at least 4 members (excludes halogenated alkanes) is 5. The van der Waals surface area contributed by atoms with Crippen molar-refractivity contribution in [2.24, 2.45) is 0 Å². The van der Waals surface area contributed by atoms with Crippen molar-refractivity contribution in [2.75, 3.05) is 0 Å². The number of ether oxygens (including phenoxy) is 1. The monoisotopic (exact) mass is 400 g/mol. The van der Waals surface area contributed by atoms with E-state index < -0.39 is 10.1 Å². The van der Waals surface area contributed by atoms with E-state index in [4.69, 9.17) is 4.74 Å². The zero-order valence-corrected chi connectivity index (χ0v) is 18.8. The van der Waals surface area contributed by atoms with Gasteiger partial charge in [0.25, 0.3) is 10.1 Å². The molecule has 2 aromatic rings. The zero-order valence-electron chi connectivity index (χ0n) is 16.0. The fourth-order valence-corrected chi connectivity index (χ4v) is 3.57. The van der Waals surface area contributed by atoms with Gasteiger partial charge < -0.3 is 9.84 Å². The third-order valence-corrected chi connectivity index (χ3v) is 5.13. The molecular weight excluding hydrogens is 375 g/mol. The molecule has 7 heteroatoms. The van der Waals surface area contributed by atoms with Crippen LogP contribution in [0.25, 0.3) is 0 Å². The van der Waals surface area contributed by atoms with Crippen molar-refractivity contribution >= 4 is 10.1 Å². The van der Waals surface area contributed by atoms with Gasteiger partial charge in [-0.3, -0.25) is 4.55 Å². The first kappa shape index (κ1) is 24.0. The van der Waals surface area contributed by atoms with Crippen LogP contribution in [0.2, 0.25) is 0 Å². The van der Waals surface area contributed by atoms with Gasteiger partial charge in [-0.1, -0.05) is 69.0 Å². The fraction of sp³-hybridized carbons (Fsp3) is 0.400. The second-order valence-corrected chi connectivity index (χ2v) is 7.70. The van der Waals surface area contributed by atoms with Gasteiger partial charge in [0.05, 0.1) is 0 Å². The van der Waals surface area contributed by atoms with Gasteiger partial charge in [0.2, 0.25) is 0 Å². The van der Waals surface area contributed by atoms with Crippen molar-refractivity contribution < 1.29 is 52.4 Å². The Balaban J connectivity index is 0.00000364. The van der Waals surface area contributed by atoms with Gasteiger partial charge in [-0.25, -0.2) is 0 Å². The summed E-state index contributed by atoms with van der Waals surface area (Å²) in [5.41, 5.74) is 0.561. The second kappa shape index (κ2) is 11.7. The standard InChI is InChI=1S/C20H26O5S.Na/c1-2-3-4-5-6-7-10-16-13-14-17(15-20(16)26(22,23)24)25-19-12-9-8-11-18(19)21;/h8-9,11-15,21H,2-7,10H2,1H3,(H,22,23,24);/q;+1/p-1. The van der Waals surface area contributed by atoms with Crippen molar-refractivity contribution in [1.29, 1.82) is 0 Å². The molecule has 0 bridgehead atoms. The summed E-state index contributed by atoms with van der Waals surface area (Å²) in [6, 6.07) is 10.7. The average molecular weight is 400 g/mol. The van der Waals surface area contributed by atoms with Gasteiger partial charge in [0.15, 0.2) is 0 Å². The van der Waals surface area contributed by atoms with E-state index in [1.165, 1.54) is 37.5 Å². The number of aryl methyl sites for hydroxylation is 1. The van der Waals surface area contributed by atoms with Gasteiger partial charge in [0, 0.05) is 6.07 Å². The van der Waals surface area contributed by atoms with Crippen LogP contribution in [0.5, 0.6) is 17.2 Å². The molecule has 0 saturated heterocycles. The van der Waals surface area contributed by atoms with Gasteiger partial charge in [-0.15, -0.1) is 0 Å². The maximum atomic E-state index is 11.7. The molecule has 0 aromatic heterocycles. The van der Waals surface area contributed by atoms with Crippen LogP contribution >= 0.6 is 0 Å². The molecule has 0 radical (unpaired) electrons. The summed E-state index contributed by atoms with van der Waals surface area (Å²) in [4.78, 5) is -0.160. The largest absolute Gasteiger partial charge is 1.00 e. The molecule has 0 aliphatic heterocycles. The van der Waals surface area contributed by atoms with Crippen molar-refractivity contribution in [2.45, 2.75) is 56.8 Å². The third kappa shape index (κ3) is 7.84. The Kier molecular flexibility index (Phi) is 10.4. The number of hydrogen-bond donors (Lipinski definition) is 1. The Labute approximate surface area is 183 Å². The summed E-state index contributed by atoms with van der Waals surface area (Å²) in [6.45, 7) is 2.16. The molecule has 0 amide bonds. The average Bonchev–Trinajstić information content (AvgIpc) is 2.60. The zero-order chi connectivity index (χ0) is 19.0. The van der Waals surface area contributed by atoms with E-state index in [0.29, 0.717) is 12.0 Å². The first-order valence-corrected chi connectivity index (χ1v) is 10.4. The van der Waals surface area contributed by atoms with Crippen LogP contribution in [0, 0.1) is 0 Å². The van der Waals surface area contributed by atoms with E-state index >= 15 is 0 Å². The van der Waals surface area contributed by atoms with Crippen LogP contribution in [0.3, 0.4) is 0 Å². The van der Waals surface area contributed by atoms with E-state index in [1.807, 2.05) is 0 Å². The Morgan fingerprint density at radius 2 is 1.67 bits per heavy atom. The van der Waals surface area contributed by atoms with Crippen LogP contribution in [-0.2, 0) is 16.5 Å². The number of benzene rings is 2. The molecule has 0 spiro atoms. The van der Waals surface area contributed by atoms with E-state index in [9.17, 15) is 18.1 Å². The number of para-hydroxylation sites is 2. The molecule has 142 valence electrons. The van der Waals surface area contributed by atoms with Gasteiger partial charge in [0.1, 0.15) is 16.4 Å². The van der Waals surface area contributed by atoms with Crippen LogP contribution < -0.4 is 39.4 Å². The molecule has 0 fully saturated rings. The quantitative estimate of drug-likeness (QED) is 0.373. The van der Waals surface area contributed by atoms with E-state index in [0.717, 1.165) is 19.3 Å². The van der Waals surface area contributed by atoms with Crippen LogP contribution in [-0.4, -0.2) is 13.0 Å². The fourth-order valence-electron chi connectivity index (χ4n) is 2.80. The Morgan fingerprint density at radius 1 is 1.00 bits per heavy atom. The molecule has 0 heterocycles. The maximum absolute atomic E-state index is 11.7. The van der Waals surface area contributed by atoms with E-state index in [1.54, 1.807) is 24.3 Å². The van der Waals surface area contributed by atoms with E-state index in [-0.39, 0.29) is 51.7 Å². The minimum atomic E-state index is -4.37. The van der Waals surface area contributed by atoms with Crippen molar-refractivity contribution in [3.05, 3.63) is 48.0 Å². The molecule has 27 heavy (non-hydrogen) atoms. The Morgan fingerprint density at radius 3 is 2.33 bits per heavy atom. The minimum Gasteiger partial charge on any atom is -0.870 e. The molecule has 2 rings (SSSR count). The van der Waals surface area contributed by atoms with Crippen LogP contribution in [0.15, 0.2) is 47.4 Å². The molecule has 0 unspecified atom stereocenters. The predicted octanol–water partition coefficient (Wildman–Crippen LogP) is 1.71.